The smallest absolute Gasteiger partial charge is 0.347 e. The first-order valence-electron chi connectivity index (χ1n) is 10.5. The molecule has 33 heavy (non-hydrogen) atoms. The summed E-state index contributed by atoms with van der Waals surface area (Å²) in [6.45, 7) is 5.91. The van der Waals surface area contributed by atoms with Gasteiger partial charge in [0.1, 0.15) is 45.7 Å². The number of rotatable bonds is 5. The minimum absolute atomic E-state index is 0.142. The number of benzene rings is 2. The highest BCUT2D eigenvalue weighted by Crippen LogP contribution is 2.36. The molecule has 7 nitrogen and oxygen atoms in total. The predicted octanol–water partition coefficient (Wildman–Crippen LogP) is 5.88. The second kappa shape index (κ2) is 8.02. The summed E-state index contributed by atoms with van der Waals surface area (Å²) >= 11 is 0. The number of fused-ring (bicyclic) bond motifs is 2. The van der Waals surface area contributed by atoms with Gasteiger partial charge in [-0.1, -0.05) is 0 Å². The summed E-state index contributed by atoms with van der Waals surface area (Å²) in [5, 5.41) is 0.606. The van der Waals surface area contributed by atoms with Crippen LogP contribution >= 0.6 is 0 Å². The van der Waals surface area contributed by atoms with Gasteiger partial charge in [-0.2, -0.15) is 0 Å². The molecule has 2 aromatic heterocycles. The largest absolute Gasteiger partial charge is 0.494 e. The van der Waals surface area contributed by atoms with Gasteiger partial charge in [0.15, 0.2) is 5.76 Å². The van der Waals surface area contributed by atoms with Crippen LogP contribution in [-0.2, 0) is 0 Å². The van der Waals surface area contributed by atoms with Crippen molar-refractivity contribution in [3.8, 4) is 17.2 Å². The van der Waals surface area contributed by atoms with E-state index in [2.05, 4.69) is 0 Å². The van der Waals surface area contributed by atoms with E-state index < -0.39 is 5.97 Å². The number of hydrogen-bond donors (Lipinski definition) is 0. The van der Waals surface area contributed by atoms with Gasteiger partial charge in [-0.05, 0) is 63.2 Å². The molecule has 2 aromatic carbocycles. The van der Waals surface area contributed by atoms with Crippen LogP contribution in [0.25, 0.3) is 17.0 Å². The van der Waals surface area contributed by atoms with E-state index in [9.17, 15) is 9.59 Å². The van der Waals surface area contributed by atoms with E-state index in [4.69, 9.17) is 23.0 Å². The molecule has 1 aliphatic rings. The lowest BCUT2D eigenvalue weighted by atomic mass is 10.1. The van der Waals surface area contributed by atoms with Crippen molar-refractivity contribution in [2.45, 2.75) is 20.8 Å². The number of aryl methyl sites for hydroxylation is 2. The zero-order chi connectivity index (χ0) is 23.1. The second-order valence-electron chi connectivity index (χ2n) is 7.56. The molecule has 0 bridgehead atoms. The van der Waals surface area contributed by atoms with Crippen LogP contribution in [0.2, 0.25) is 0 Å². The fourth-order valence-corrected chi connectivity index (χ4v) is 3.76. The van der Waals surface area contributed by atoms with Crippen LogP contribution in [0.5, 0.6) is 17.2 Å². The number of allylic oxidation sites excluding steroid dienone is 1. The minimum atomic E-state index is -0.578. The van der Waals surface area contributed by atoms with Crippen LogP contribution in [0.15, 0.2) is 63.1 Å². The molecule has 0 spiro atoms. The first kappa shape index (κ1) is 20.6. The zero-order valence-electron chi connectivity index (χ0n) is 18.3. The van der Waals surface area contributed by atoms with Gasteiger partial charge in [-0.15, -0.1) is 0 Å². The van der Waals surface area contributed by atoms with Crippen LogP contribution in [0.4, 0.5) is 0 Å². The monoisotopic (exact) mass is 444 g/mol. The van der Waals surface area contributed by atoms with Crippen molar-refractivity contribution in [2.75, 3.05) is 6.61 Å². The summed E-state index contributed by atoms with van der Waals surface area (Å²) in [5.41, 5.74) is 1.27. The summed E-state index contributed by atoms with van der Waals surface area (Å²) in [6, 6.07) is 13.5. The van der Waals surface area contributed by atoms with Gasteiger partial charge >= 0.3 is 5.97 Å². The number of ketones is 1. The lowest BCUT2D eigenvalue weighted by molar-refractivity contribution is 0.0734. The SMILES string of the molecule is CCOc1ccc2oc(C)c(C(=O)Oc3ccc4c(c3)O/C(=C\c3ccc(C)o3)C4=O)c2c1. The molecule has 0 N–H and O–H groups in total. The van der Waals surface area contributed by atoms with Crippen molar-refractivity contribution in [1.29, 1.82) is 0 Å². The fourth-order valence-electron chi connectivity index (χ4n) is 3.76. The number of carbonyl (C=O) groups excluding carboxylic acids is 2. The van der Waals surface area contributed by atoms with Crippen molar-refractivity contribution in [3.63, 3.8) is 0 Å². The molecule has 0 aliphatic carbocycles. The molecule has 5 rings (SSSR count). The van der Waals surface area contributed by atoms with E-state index in [1.54, 1.807) is 49.4 Å². The van der Waals surface area contributed by atoms with Crippen molar-refractivity contribution in [2.24, 2.45) is 0 Å². The second-order valence-corrected chi connectivity index (χ2v) is 7.56. The Morgan fingerprint density at radius 1 is 1.00 bits per heavy atom. The number of hydrogen-bond acceptors (Lipinski definition) is 7. The lowest BCUT2D eigenvalue weighted by Crippen LogP contribution is -2.09. The van der Waals surface area contributed by atoms with Crippen LogP contribution < -0.4 is 14.2 Å². The quantitative estimate of drug-likeness (QED) is 0.216. The number of esters is 1. The summed E-state index contributed by atoms with van der Waals surface area (Å²) in [4.78, 5) is 25.6. The average Bonchev–Trinajstić information content (AvgIpc) is 3.43. The number of ether oxygens (including phenoxy) is 3. The molecular formula is C26H20O7. The molecule has 0 saturated heterocycles. The van der Waals surface area contributed by atoms with E-state index in [1.165, 1.54) is 12.1 Å². The molecule has 7 heteroatoms. The van der Waals surface area contributed by atoms with E-state index >= 15 is 0 Å². The topological polar surface area (TPSA) is 88.1 Å². The van der Waals surface area contributed by atoms with E-state index in [1.807, 2.05) is 13.8 Å². The predicted molar refractivity (Wildman–Crippen MR) is 120 cm³/mol. The Kier molecular flexibility index (Phi) is 5.01. The third-order valence-electron chi connectivity index (χ3n) is 5.24. The highest BCUT2D eigenvalue weighted by Gasteiger charge is 2.29. The summed E-state index contributed by atoms with van der Waals surface area (Å²) < 4.78 is 28.0. The number of carbonyl (C=O) groups is 2. The van der Waals surface area contributed by atoms with E-state index in [-0.39, 0.29) is 17.3 Å². The van der Waals surface area contributed by atoms with Crippen LogP contribution in [-0.4, -0.2) is 18.4 Å². The average molecular weight is 444 g/mol. The van der Waals surface area contributed by atoms with Gasteiger partial charge in [0.2, 0.25) is 5.78 Å². The maximum atomic E-state index is 13.0. The lowest BCUT2D eigenvalue weighted by Gasteiger charge is -2.06. The molecule has 0 unspecified atom stereocenters. The Balaban J connectivity index is 1.41. The standard InChI is InChI=1S/C26H20O7/c1-4-29-16-8-10-21-20(11-16)24(15(3)31-21)26(28)32-18-7-9-19-22(12-18)33-23(25(19)27)13-17-6-5-14(2)30-17/h5-13H,4H2,1-3H3/b23-13-. The molecule has 0 fully saturated rings. The van der Waals surface area contributed by atoms with E-state index in [0.717, 1.165) is 5.76 Å². The molecule has 1 aliphatic heterocycles. The molecule has 0 amide bonds. The van der Waals surface area contributed by atoms with Gasteiger partial charge in [-0.25, -0.2) is 4.79 Å². The summed E-state index contributed by atoms with van der Waals surface area (Å²) in [7, 11) is 0. The van der Waals surface area contributed by atoms with Crippen molar-refractivity contribution >= 4 is 28.8 Å². The van der Waals surface area contributed by atoms with Crippen LogP contribution in [0.3, 0.4) is 0 Å². The molecule has 0 atom stereocenters. The first-order chi connectivity index (χ1) is 15.9. The number of Topliss-reactive ketones (excluding diaryl/α,β-unsaturated/α-hetero) is 1. The minimum Gasteiger partial charge on any atom is -0.494 e. The van der Waals surface area contributed by atoms with E-state index in [0.29, 0.717) is 51.7 Å². The molecular weight excluding hydrogens is 424 g/mol. The summed E-state index contributed by atoms with van der Waals surface area (Å²) in [5.74, 6) is 2.18. The highest BCUT2D eigenvalue weighted by atomic mass is 16.5. The van der Waals surface area contributed by atoms with Crippen molar-refractivity contribution < 1.29 is 32.6 Å². The van der Waals surface area contributed by atoms with Crippen LogP contribution in [0.1, 0.15) is 44.9 Å². The van der Waals surface area contributed by atoms with Crippen molar-refractivity contribution in [1.82, 2.24) is 0 Å². The van der Waals surface area contributed by atoms with Gasteiger partial charge < -0.3 is 23.0 Å². The molecule has 4 aromatic rings. The number of furan rings is 2. The Morgan fingerprint density at radius 3 is 2.58 bits per heavy atom. The maximum absolute atomic E-state index is 13.0. The Bertz CT molecular complexity index is 1430. The summed E-state index contributed by atoms with van der Waals surface area (Å²) in [6.07, 6.45) is 1.54. The maximum Gasteiger partial charge on any atom is 0.347 e. The van der Waals surface area contributed by atoms with Crippen LogP contribution in [0, 0.1) is 13.8 Å². The Hall–Kier alpha value is -4.26. The molecule has 166 valence electrons. The van der Waals surface area contributed by atoms with Gasteiger partial charge in [0, 0.05) is 17.5 Å². The van der Waals surface area contributed by atoms with Crippen molar-refractivity contribution in [3.05, 3.63) is 82.7 Å². The van der Waals surface area contributed by atoms with Gasteiger partial charge in [0.05, 0.1) is 12.2 Å². The Labute approximate surface area is 189 Å². The Morgan fingerprint density at radius 2 is 1.82 bits per heavy atom. The van der Waals surface area contributed by atoms with Gasteiger partial charge in [-0.3, -0.25) is 4.79 Å². The highest BCUT2D eigenvalue weighted by molar-refractivity contribution is 6.14. The molecule has 0 radical (unpaired) electrons. The molecule has 3 heterocycles. The normalized spacial score (nSPS) is 13.9. The first-order valence-corrected chi connectivity index (χ1v) is 10.5. The molecule has 0 saturated carbocycles. The fraction of sp³-hybridized carbons (Fsp3) is 0.154. The third-order valence-corrected chi connectivity index (χ3v) is 5.24. The third kappa shape index (κ3) is 3.78. The zero-order valence-corrected chi connectivity index (χ0v) is 18.3. The van der Waals surface area contributed by atoms with Gasteiger partial charge in [0.25, 0.3) is 0 Å².